The molecule has 0 radical (unpaired) electrons. The molecule has 1 heterocycles. The Balaban J connectivity index is 2.46. The quantitative estimate of drug-likeness (QED) is 0.0218. The minimum atomic E-state index is -1.67. The fraction of sp³-hybridized carbons (Fsp3) is 0.860. The lowest BCUT2D eigenvalue weighted by Crippen LogP contribution is -2.60. The minimum absolute atomic E-state index is 0.242. The third kappa shape index (κ3) is 29.4. The Morgan fingerprint density at radius 2 is 0.984 bits per heavy atom. The van der Waals surface area contributed by atoms with Gasteiger partial charge in [-0.05, 0) is 64.2 Å². The second-order valence-corrected chi connectivity index (χ2v) is 17.5. The van der Waals surface area contributed by atoms with Crippen molar-refractivity contribution in [2.24, 2.45) is 0 Å². The Morgan fingerprint density at radius 1 is 0.557 bits per heavy atom. The van der Waals surface area contributed by atoms with Gasteiger partial charge >= 0.3 is 0 Å². The van der Waals surface area contributed by atoms with Crippen molar-refractivity contribution in [1.29, 1.82) is 0 Å². The van der Waals surface area contributed by atoms with E-state index in [-0.39, 0.29) is 12.8 Å². The summed E-state index contributed by atoms with van der Waals surface area (Å²) in [6.45, 7) is 3.41. The van der Waals surface area contributed by atoms with E-state index < -0.39 is 74.2 Å². The summed E-state index contributed by atoms with van der Waals surface area (Å²) in [7, 11) is 0. The summed E-state index contributed by atoms with van der Waals surface area (Å²) in [5.41, 5.74) is 0. The van der Waals surface area contributed by atoms with Crippen molar-refractivity contribution in [2.45, 2.75) is 262 Å². The maximum absolute atomic E-state index is 13.1. The number of unbranched alkanes of at least 4 members (excludes halogenated alkanes) is 23. The van der Waals surface area contributed by atoms with E-state index in [0.717, 1.165) is 44.9 Å². The topological polar surface area (TPSA) is 189 Å². The van der Waals surface area contributed by atoms with Crippen LogP contribution in [-0.4, -0.2) is 110 Å². The molecule has 0 spiro atoms. The van der Waals surface area contributed by atoms with Gasteiger partial charge in [-0.25, -0.2) is 0 Å². The monoisotopic (exact) mass is 868 g/mol. The van der Waals surface area contributed by atoms with E-state index in [9.17, 15) is 40.5 Å². The summed E-state index contributed by atoms with van der Waals surface area (Å²) < 4.78 is 11.1. The van der Waals surface area contributed by atoms with Gasteiger partial charge in [-0.1, -0.05) is 179 Å². The van der Waals surface area contributed by atoms with Crippen molar-refractivity contribution in [3.05, 3.63) is 36.5 Å². The molecule has 1 aliphatic rings. The highest BCUT2D eigenvalue weighted by Gasteiger charge is 2.44. The molecule has 0 aromatic carbocycles. The average molecular weight is 868 g/mol. The first-order valence-electron chi connectivity index (χ1n) is 24.9. The zero-order valence-electron chi connectivity index (χ0n) is 38.6. The number of allylic oxidation sites excluding steroid dienone is 6. The van der Waals surface area contributed by atoms with Gasteiger partial charge in [0.05, 0.1) is 25.4 Å². The molecule has 8 N–H and O–H groups in total. The van der Waals surface area contributed by atoms with Crippen LogP contribution in [0.2, 0.25) is 0 Å². The highest BCUT2D eigenvalue weighted by atomic mass is 16.7. The largest absolute Gasteiger partial charge is 0.394 e. The number of aliphatic hydroxyl groups excluding tert-OH is 7. The van der Waals surface area contributed by atoms with E-state index in [1.54, 1.807) is 0 Å². The molecule has 0 saturated carbocycles. The molecule has 1 saturated heterocycles. The molecule has 9 atom stereocenters. The number of rotatable bonds is 41. The van der Waals surface area contributed by atoms with Crippen LogP contribution in [-0.2, 0) is 14.3 Å². The number of hydrogen-bond acceptors (Lipinski definition) is 10. The van der Waals surface area contributed by atoms with Crippen molar-refractivity contribution in [1.82, 2.24) is 5.32 Å². The van der Waals surface area contributed by atoms with Gasteiger partial charge in [0.15, 0.2) is 6.29 Å². The SMILES string of the molecule is CCCCCCC/C=C/CC/C=C/CC/C=C/CCCC(O)C(O)C(COC1OC(CO)C(O)C(O)C1O)NC(=O)C(O)CCCCCCCCCCCCCCCCCC. The van der Waals surface area contributed by atoms with Crippen molar-refractivity contribution >= 4 is 5.91 Å². The predicted molar refractivity (Wildman–Crippen MR) is 247 cm³/mol. The van der Waals surface area contributed by atoms with Crippen molar-refractivity contribution < 1.29 is 50.0 Å². The van der Waals surface area contributed by atoms with Crippen LogP contribution in [0.15, 0.2) is 36.5 Å². The second kappa shape index (κ2) is 39.9. The van der Waals surface area contributed by atoms with Crippen molar-refractivity contribution in [3.8, 4) is 0 Å². The van der Waals surface area contributed by atoms with Crippen LogP contribution in [0.4, 0.5) is 0 Å². The fourth-order valence-electron chi connectivity index (χ4n) is 7.77. The lowest BCUT2D eigenvalue weighted by molar-refractivity contribution is -0.303. The van der Waals surface area contributed by atoms with Crippen LogP contribution in [0.1, 0.15) is 206 Å². The van der Waals surface area contributed by atoms with Gasteiger partial charge in [0.2, 0.25) is 5.91 Å². The van der Waals surface area contributed by atoms with Crippen LogP contribution in [0.5, 0.6) is 0 Å². The Kier molecular flexibility index (Phi) is 37.5. The first kappa shape index (κ1) is 57.3. The first-order valence-corrected chi connectivity index (χ1v) is 24.9. The van der Waals surface area contributed by atoms with Crippen molar-refractivity contribution in [3.63, 3.8) is 0 Å². The lowest BCUT2D eigenvalue weighted by atomic mass is 9.98. The van der Waals surface area contributed by atoms with Crippen molar-refractivity contribution in [2.75, 3.05) is 13.2 Å². The number of nitrogens with one attached hydrogen (secondary N) is 1. The summed E-state index contributed by atoms with van der Waals surface area (Å²) in [6, 6.07) is -1.19. The number of carbonyl (C=O) groups excluding carboxylic acids is 1. The third-order valence-electron chi connectivity index (χ3n) is 11.9. The number of carbonyl (C=O) groups is 1. The molecule has 61 heavy (non-hydrogen) atoms. The molecule has 0 aromatic rings. The van der Waals surface area contributed by atoms with E-state index in [1.807, 2.05) is 0 Å². The first-order chi connectivity index (χ1) is 29.7. The zero-order valence-corrected chi connectivity index (χ0v) is 38.6. The summed E-state index contributed by atoms with van der Waals surface area (Å²) >= 11 is 0. The Hall–Kier alpha value is -1.67. The highest BCUT2D eigenvalue weighted by Crippen LogP contribution is 2.23. The number of amides is 1. The van der Waals surface area contributed by atoms with Crippen LogP contribution >= 0.6 is 0 Å². The summed E-state index contributed by atoms with van der Waals surface area (Å²) in [5, 5.41) is 75.8. The Labute approximate surface area is 371 Å². The standard InChI is InChI=1S/C50H93NO10/c1-3-5-7-9-11-13-15-17-19-21-22-24-25-27-29-31-33-35-37-42(53)45(55)41(40-60-50-48(58)47(57)46(56)44(39-52)61-50)51-49(59)43(54)38-36-34-32-30-28-26-23-20-18-16-14-12-10-8-6-4-2/h15,17,22,24,29,31,41-48,50,52-58H,3-14,16,18-21,23,25-28,30,32-40H2,1-2H3,(H,51,59)/b17-15+,24-22+,31-29+. The van der Waals surface area contributed by atoms with E-state index in [0.29, 0.717) is 19.3 Å². The van der Waals surface area contributed by atoms with Gasteiger partial charge in [-0.3, -0.25) is 4.79 Å². The van der Waals surface area contributed by atoms with Gasteiger partial charge in [-0.2, -0.15) is 0 Å². The third-order valence-corrected chi connectivity index (χ3v) is 11.9. The highest BCUT2D eigenvalue weighted by molar-refractivity contribution is 5.80. The van der Waals surface area contributed by atoms with Gasteiger partial charge in [0.1, 0.15) is 36.6 Å². The molecule has 1 fully saturated rings. The zero-order chi connectivity index (χ0) is 44.8. The normalized spacial score (nSPS) is 21.8. The average Bonchev–Trinajstić information content (AvgIpc) is 3.26. The van der Waals surface area contributed by atoms with Crippen LogP contribution in [0.25, 0.3) is 0 Å². The number of aliphatic hydroxyl groups is 7. The number of hydrogen-bond donors (Lipinski definition) is 8. The Bertz CT molecular complexity index is 1090. The van der Waals surface area contributed by atoms with E-state index in [2.05, 4.69) is 55.6 Å². The number of ether oxygens (including phenoxy) is 2. The predicted octanol–water partition coefficient (Wildman–Crippen LogP) is 8.78. The van der Waals surface area contributed by atoms with Gasteiger partial charge < -0.3 is 50.5 Å². The molecule has 358 valence electrons. The molecule has 0 bridgehead atoms. The molecule has 1 amide bonds. The van der Waals surface area contributed by atoms with Crippen LogP contribution in [0.3, 0.4) is 0 Å². The molecule has 1 rings (SSSR count). The molecular formula is C50H93NO10. The maximum Gasteiger partial charge on any atom is 0.249 e. The van der Waals surface area contributed by atoms with Gasteiger partial charge in [0, 0.05) is 0 Å². The maximum atomic E-state index is 13.1. The molecule has 9 unspecified atom stereocenters. The van der Waals surface area contributed by atoms with Gasteiger partial charge in [0.25, 0.3) is 0 Å². The summed E-state index contributed by atoms with van der Waals surface area (Å²) in [4.78, 5) is 13.1. The summed E-state index contributed by atoms with van der Waals surface area (Å²) in [5.74, 6) is -0.712. The lowest BCUT2D eigenvalue weighted by Gasteiger charge is -2.40. The Morgan fingerprint density at radius 3 is 1.46 bits per heavy atom. The molecule has 0 aromatic heterocycles. The molecule has 1 aliphatic heterocycles. The van der Waals surface area contributed by atoms with Crippen LogP contribution in [0, 0.1) is 0 Å². The summed E-state index contributed by atoms with van der Waals surface area (Å²) in [6.07, 6.45) is 34.7. The fourth-order valence-corrected chi connectivity index (χ4v) is 7.77. The van der Waals surface area contributed by atoms with E-state index in [4.69, 9.17) is 9.47 Å². The van der Waals surface area contributed by atoms with Crippen LogP contribution < -0.4 is 5.32 Å². The minimum Gasteiger partial charge on any atom is -0.394 e. The molecular weight excluding hydrogens is 775 g/mol. The van der Waals surface area contributed by atoms with E-state index in [1.165, 1.54) is 116 Å². The molecule has 11 heteroatoms. The van der Waals surface area contributed by atoms with E-state index >= 15 is 0 Å². The van der Waals surface area contributed by atoms with Gasteiger partial charge in [-0.15, -0.1) is 0 Å². The second-order valence-electron chi connectivity index (χ2n) is 17.5. The molecule has 0 aliphatic carbocycles. The smallest absolute Gasteiger partial charge is 0.249 e. The molecule has 11 nitrogen and oxygen atoms in total.